The molecular formula is C3H5F2N3. The molecule has 0 saturated carbocycles. The molecule has 0 atom stereocenters. The van der Waals surface area contributed by atoms with Crippen molar-refractivity contribution in [2.45, 2.75) is 12.8 Å². The molecule has 8 heavy (non-hydrogen) atoms. The van der Waals surface area contributed by atoms with Gasteiger partial charge in [0.15, 0.2) is 0 Å². The van der Waals surface area contributed by atoms with Gasteiger partial charge in [-0.2, -0.15) is 0 Å². The van der Waals surface area contributed by atoms with E-state index in [4.69, 9.17) is 5.53 Å². The highest BCUT2D eigenvalue weighted by Crippen LogP contribution is 2.10. The van der Waals surface area contributed by atoms with Crippen LogP contribution in [0.1, 0.15) is 6.92 Å². The first-order chi connectivity index (χ1) is 3.56. The van der Waals surface area contributed by atoms with Crippen LogP contribution < -0.4 is 0 Å². The van der Waals surface area contributed by atoms with Gasteiger partial charge in [-0.15, -0.1) is 0 Å². The smallest absolute Gasteiger partial charge is 0.207 e. The van der Waals surface area contributed by atoms with Crippen LogP contribution in [0.25, 0.3) is 10.4 Å². The van der Waals surface area contributed by atoms with Gasteiger partial charge in [0, 0.05) is 4.91 Å². The molecule has 0 aromatic rings. The quantitative estimate of drug-likeness (QED) is 0.304. The van der Waals surface area contributed by atoms with Crippen molar-refractivity contribution in [1.29, 1.82) is 0 Å². The molecule has 0 bridgehead atoms. The summed E-state index contributed by atoms with van der Waals surface area (Å²) in [6.45, 7) is -0.0643. The Hall–Kier alpha value is -0.830. The topological polar surface area (TPSA) is 48.8 Å². The Morgan fingerprint density at radius 2 is 2.25 bits per heavy atom. The standard InChI is InChI=1S/C3H5F2N3/c1-3(4,5)2-7-8-6/h2H2,1H3. The van der Waals surface area contributed by atoms with Crippen molar-refractivity contribution < 1.29 is 8.78 Å². The van der Waals surface area contributed by atoms with Gasteiger partial charge in [-0.1, -0.05) is 5.11 Å². The Labute approximate surface area is 44.9 Å². The van der Waals surface area contributed by atoms with Crippen molar-refractivity contribution >= 4 is 0 Å². The maximum Gasteiger partial charge on any atom is 0.251 e. The van der Waals surface area contributed by atoms with Gasteiger partial charge < -0.3 is 0 Å². The minimum absolute atomic E-state index is 0.696. The summed E-state index contributed by atoms with van der Waals surface area (Å²) in [5, 5.41) is 2.67. The summed E-state index contributed by atoms with van der Waals surface area (Å²) in [6, 6.07) is 0. The van der Waals surface area contributed by atoms with Crippen LogP contribution in [0.2, 0.25) is 0 Å². The fourth-order valence-corrected chi connectivity index (χ4v) is 0.156. The van der Waals surface area contributed by atoms with Gasteiger partial charge in [-0.05, 0) is 12.5 Å². The zero-order valence-electron chi connectivity index (χ0n) is 4.30. The number of rotatable bonds is 2. The molecule has 0 aromatic carbocycles. The zero-order chi connectivity index (χ0) is 6.62. The molecule has 5 heteroatoms. The third-order valence-corrected chi connectivity index (χ3v) is 0.412. The average molecular weight is 121 g/mol. The molecule has 0 aliphatic carbocycles. The van der Waals surface area contributed by atoms with Crippen LogP contribution in [0.15, 0.2) is 5.11 Å². The summed E-state index contributed by atoms with van der Waals surface area (Å²) in [7, 11) is 0. The second-order valence-electron chi connectivity index (χ2n) is 1.46. The lowest BCUT2D eigenvalue weighted by atomic mass is 10.4. The van der Waals surface area contributed by atoms with Crippen LogP contribution in [0.4, 0.5) is 8.78 Å². The Bertz CT molecular complexity index is 110. The van der Waals surface area contributed by atoms with Gasteiger partial charge in [-0.25, -0.2) is 8.78 Å². The highest BCUT2D eigenvalue weighted by atomic mass is 19.3. The molecule has 0 N–H and O–H groups in total. The third-order valence-electron chi connectivity index (χ3n) is 0.412. The maximum absolute atomic E-state index is 11.6. The van der Waals surface area contributed by atoms with Crippen LogP contribution in [0.5, 0.6) is 0 Å². The fraction of sp³-hybridized carbons (Fsp3) is 1.00. The first kappa shape index (κ1) is 7.17. The number of hydrogen-bond acceptors (Lipinski definition) is 1. The molecule has 0 heterocycles. The van der Waals surface area contributed by atoms with E-state index in [1.165, 1.54) is 0 Å². The van der Waals surface area contributed by atoms with E-state index in [0.29, 0.717) is 6.92 Å². The highest BCUT2D eigenvalue weighted by Gasteiger charge is 2.18. The number of nitrogens with zero attached hydrogens (tertiary/aromatic N) is 3. The predicted molar refractivity (Wildman–Crippen MR) is 24.6 cm³/mol. The number of azide groups is 1. The lowest BCUT2D eigenvalue weighted by Gasteiger charge is -2.02. The van der Waals surface area contributed by atoms with E-state index in [1.807, 2.05) is 0 Å². The van der Waals surface area contributed by atoms with Gasteiger partial charge >= 0.3 is 0 Å². The minimum atomic E-state index is -2.87. The Balaban J connectivity index is 3.55. The van der Waals surface area contributed by atoms with Crippen molar-refractivity contribution in [1.82, 2.24) is 0 Å². The van der Waals surface area contributed by atoms with Crippen molar-refractivity contribution in [3.8, 4) is 0 Å². The molecule has 0 rings (SSSR count). The molecule has 0 spiro atoms. The van der Waals surface area contributed by atoms with Crippen LogP contribution >= 0.6 is 0 Å². The molecule has 0 aliphatic heterocycles. The van der Waals surface area contributed by atoms with Gasteiger partial charge in [0.1, 0.15) is 0 Å². The summed E-state index contributed by atoms with van der Waals surface area (Å²) in [6.07, 6.45) is 0. The fourth-order valence-electron chi connectivity index (χ4n) is 0.156. The lowest BCUT2D eigenvalue weighted by molar-refractivity contribution is 0.0322. The summed E-state index contributed by atoms with van der Waals surface area (Å²) >= 11 is 0. The van der Waals surface area contributed by atoms with Crippen molar-refractivity contribution in [3.05, 3.63) is 10.4 Å². The van der Waals surface area contributed by atoms with Gasteiger partial charge in [-0.3, -0.25) is 0 Å². The molecule has 3 nitrogen and oxygen atoms in total. The van der Waals surface area contributed by atoms with E-state index in [0.717, 1.165) is 0 Å². The number of alkyl halides is 2. The van der Waals surface area contributed by atoms with Crippen LogP contribution in [-0.2, 0) is 0 Å². The molecule has 0 fully saturated rings. The summed E-state index contributed by atoms with van der Waals surface area (Å²) in [5.74, 6) is -2.87. The Morgan fingerprint density at radius 1 is 1.75 bits per heavy atom. The molecular weight excluding hydrogens is 116 g/mol. The molecule has 0 amide bonds. The van der Waals surface area contributed by atoms with Crippen LogP contribution in [0, 0.1) is 0 Å². The van der Waals surface area contributed by atoms with Crippen LogP contribution in [0.3, 0.4) is 0 Å². The van der Waals surface area contributed by atoms with E-state index in [1.54, 1.807) is 0 Å². The summed E-state index contributed by atoms with van der Waals surface area (Å²) < 4.78 is 23.3. The molecule has 0 radical (unpaired) electrons. The van der Waals surface area contributed by atoms with E-state index in [9.17, 15) is 8.78 Å². The predicted octanol–water partition coefficient (Wildman–Crippen LogP) is 1.95. The van der Waals surface area contributed by atoms with E-state index in [2.05, 4.69) is 10.0 Å². The molecule has 0 saturated heterocycles. The molecule has 46 valence electrons. The highest BCUT2D eigenvalue weighted by molar-refractivity contribution is 4.61. The molecule has 0 aliphatic rings. The minimum Gasteiger partial charge on any atom is -0.207 e. The zero-order valence-corrected chi connectivity index (χ0v) is 4.30. The second-order valence-corrected chi connectivity index (χ2v) is 1.46. The number of halogens is 2. The summed E-state index contributed by atoms with van der Waals surface area (Å²) in [4.78, 5) is 2.17. The largest absolute Gasteiger partial charge is 0.251 e. The van der Waals surface area contributed by atoms with Crippen LogP contribution in [-0.4, -0.2) is 12.5 Å². The summed E-state index contributed by atoms with van der Waals surface area (Å²) in [5.41, 5.74) is 7.55. The lowest BCUT2D eigenvalue weighted by Crippen LogP contribution is -2.12. The maximum atomic E-state index is 11.6. The van der Waals surface area contributed by atoms with Crippen molar-refractivity contribution in [2.75, 3.05) is 6.54 Å². The van der Waals surface area contributed by atoms with E-state index >= 15 is 0 Å². The van der Waals surface area contributed by atoms with Gasteiger partial charge in [0.2, 0.25) is 0 Å². The van der Waals surface area contributed by atoms with Crippen molar-refractivity contribution in [2.24, 2.45) is 5.11 Å². The van der Waals surface area contributed by atoms with E-state index < -0.39 is 12.5 Å². The Kier molecular flexibility index (Phi) is 2.21. The first-order valence-electron chi connectivity index (χ1n) is 1.95. The number of hydrogen-bond donors (Lipinski definition) is 0. The third kappa shape index (κ3) is 5.17. The molecule has 0 aromatic heterocycles. The monoisotopic (exact) mass is 121 g/mol. The van der Waals surface area contributed by atoms with Gasteiger partial charge in [0.05, 0.1) is 6.54 Å². The normalized spacial score (nSPS) is 10.4. The Morgan fingerprint density at radius 3 is 2.38 bits per heavy atom. The van der Waals surface area contributed by atoms with Crippen molar-refractivity contribution in [3.63, 3.8) is 0 Å². The average Bonchev–Trinajstić information content (AvgIpc) is 1.59. The van der Waals surface area contributed by atoms with Gasteiger partial charge in [0.25, 0.3) is 5.92 Å². The van der Waals surface area contributed by atoms with E-state index in [-0.39, 0.29) is 0 Å². The SMILES string of the molecule is CC(F)(F)CN=[N+]=[N-]. The molecule has 0 unspecified atom stereocenters. The second kappa shape index (κ2) is 2.47. The first-order valence-corrected chi connectivity index (χ1v) is 1.95.